The zero-order chi connectivity index (χ0) is 16.8. The van der Waals surface area contributed by atoms with Crippen molar-refractivity contribution in [3.05, 3.63) is 0 Å². The van der Waals surface area contributed by atoms with Gasteiger partial charge in [-0.2, -0.15) is 0 Å². The fourth-order valence-electron chi connectivity index (χ4n) is 3.73. The van der Waals surface area contributed by atoms with E-state index >= 15 is 0 Å². The van der Waals surface area contributed by atoms with Crippen LogP contribution in [0.1, 0.15) is 105 Å². The van der Waals surface area contributed by atoms with Crippen molar-refractivity contribution >= 4 is 0 Å². The molecule has 134 valence electrons. The fraction of sp³-hybridized carbons (Fsp3) is 1.00. The van der Waals surface area contributed by atoms with Crippen LogP contribution in [0.3, 0.4) is 0 Å². The van der Waals surface area contributed by atoms with Gasteiger partial charge in [-0.3, -0.25) is 0 Å². The van der Waals surface area contributed by atoms with Crippen LogP contribution in [0.4, 0.5) is 0 Å². The Morgan fingerprint density at radius 2 is 0.773 bits per heavy atom. The van der Waals surface area contributed by atoms with Gasteiger partial charge >= 0.3 is 0 Å². The van der Waals surface area contributed by atoms with E-state index in [1.54, 1.807) is 0 Å². The van der Waals surface area contributed by atoms with Gasteiger partial charge in [0.25, 0.3) is 0 Å². The highest BCUT2D eigenvalue weighted by molar-refractivity contribution is 4.71. The Hall–Kier alpha value is -0.0800. The summed E-state index contributed by atoms with van der Waals surface area (Å²) in [7, 11) is 0. The lowest BCUT2D eigenvalue weighted by molar-refractivity contribution is 0.361. The predicted molar refractivity (Wildman–Crippen MR) is 101 cm³/mol. The van der Waals surface area contributed by atoms with Gasteiger partial charge < -0.3 is 11.5 Å². The van der Waals surface area contributed by atoms with Gasteiger partial charge in [-0.25, -0.2) is 0 Å². The van der Waals surface area contributed by atoms with Gasteiger partial charge in [0.1, 0.15) is 0 Å². The van der Waals surface area contributed by atoms with Crippen LogP contribution >= 0.6 is 0 Å². The summed E-state index contributed by atoms with van der Waals surface area (Å²) in [5, 5.41) is 0. The van der Waals surface area contributed by atoms with Gasteiger partial charge in [-0.15, -0.1) is 0 Å². The van der Waals surface area contributed by atoms with Gasteiger partial charge in [0.2, 0.25) is 0 Å². The molecule has 4 N–H and O–H groups in total. The molecule has 0 amide bonds. The minimum atomic E-state index is 0.424. The van der Waals surface area contributed by atoms with Gasteiger partial charge in [0.15, 0.2) is 0 Å². The van der Waals surface area contributed by atoms with E-state index in [4.69, 9.17) is 11.5 Å². The Bertz CT molecular complexity index is 198. The highest BCUT2D eigenvalue weighted by Gasteiger charge is 2.14. The van der Waals surface area contributed by atoms with Crippen molar-refractivity contribution < 1.29 is 0 Å². The van der Waals surface area contributed by atoms with Crippen LogP contribution in [0.2, 0.25) is 0 Å². The third kappa shape index (κ3) is 9.84. The quantitative estimate of drug-likeness (QED) is 0.385. The molecule has 2 nitrogen and oxygen atoms in total. The fourth-order valence-corrected chi connectivity index (χ4v) is 3.73. The van der Waals surface area contributed by atoms with Crippen LogP contribution in [0.15, 0.2) is 0 Å². The maximum Gasteiger partial charge on any atom is 0.00669 e. The molecule has 0 aromatic rings. The summed E-state index contributed by atoms with van der Waals surface area (Å²) in [5.41, 5.74) is 12.6. The Labute approximate surface area is 140 Å². The normalized spacial score (nSPS) is 14.7. The molecule has 0 spiro atoms. The van der Waals surface area contributed by atoms with Crippen LogP contribution in [-0.2, 0) is 0 Å². The molecule has 0 fully saturated rings. The average Bonchev–Trinajstić information content (AvgIpc) is 2.52. The smallest absolute Gasteiger partial charge is 0.00669 e. The molecular weight excluding hydrogens is 268 g/mol. The first kappa shape index (κ1) is 21.9. The Balaban J connectivity index is 3.47. The monoisotopic (exact) mass is 312 g/mol. The number of rotatable bonds is 15. The van der Waals surface area contributed by atoms with Crippen LogP contribution < -0.4 is 11.5 Å². The van der Waals surface area contributed by atoms with E-state index in [2.05, 4.69) is 27.7 Å². The predicted octanol–water partition coefficient (Wildman–Crippen LogP) is 5.63. The Kier molecular flexibility index (Phi) is 14.5. The first-order chi connectivity index (χ1) is 10.6. The maximum atomic E-state index is 6.28. The summed E-state index contributed by atoms with van der Waals surface area (Å²) in [6.07, 6.45) is 15.4. The third-order valence-corrected chi connectivity index (χ3v) is 5.63. The standard InChI is InChI=1S/C20H44N2/c1-5-17(6-2)19(21)15-13-11-9-10-12-14-16-20(22)18(7-3)8-4/h17-20H,5-16,21-22H2,1-4H3. The van der Waals surface area contributed by atoms with Crippen molar-refractivity contribution in [2.75, 3.05) is 0 Å². The maximum absolute atomic E-state index is 6.28. The number of hydrogen-bond donors (Lipinski definition) is 2. The van der Waals surface area contributed by atoms with E-state index in [0.717, 1.165) is 11.8 Å². The van der Waals surface area contributed by atoms with Gasteiger partial charge in [0, 0.05) is 12.1 Å². The van der Waals surface area contributed by atoms with Crippen molar-refractivity contribution in [1.82, 2.24) is 0 Å². The van der Waals surface area contributed by atoms with E-state index in [9.17, 15) is 0 Å². The lowest BCUT2D eigenvalue weighted by Crippen LogP contribution is -2.29. The molecule has 0 heterocycles. The summed E-state index contributed by atoms with van der Waals surface area (Å²) in [4.78, 5) is 0. The second kappa shape index (κ2) is 14.5. The van der Waals surface area contributed by atoms with Gasteiger partial charge in [-0.1, -0.05) is 91.9 Å². The minimum absolute atomic E-state index is 0.424. The topological polar surface area (TPSA) is 52.0 Å². The van der Waals surface area contributed by atoms with Crippen molar-refractivity contribution in [2.24, 2.45) is 23.3 Å². The van der Waals surface area contributed by atoms with Crippen LogP contribution in [0.25, 0.3) is 0 Å². The second-order valence-electron chi connectivity index (χ2n) is 7.18. The molecule has 0 aliphatic rings. The highest BCUT2D eigenvalue weighted by Crippen LogP contribution is 2.19. The van der Waals surface area contributed by atoms with Crippen molar-refractivity contribution in [1.29, 1.82) is 0 Å². The van der Waals surface area contributed by atoms with E-state index in [1.807, 2.05) is 0 Å². The minimum Gasteiger partial charge on any atom is -0.327 e. The molecule has 0 radical (unpaired) electrons. The molecule has 0 aromatic heterocycles. The molecule has 0 aromatic carbocycles. The summed E-state index contributed by atoms with van der Waals surface area (Å²) < 4.78 is 0. The molecule has 0 saturated carbocycles. The molecule has 0 aliphatic carbocycles. The molecule has 22 heavy (non-hydrogen) atoms. The number of nitrogens with two attached hydrogens (primary N) is 2. The SMILES string of the molecule is CCC(CC)C(N)CCCCCCCCC(N)C(CC)CC. The first-order valence-corrected chi connectivity index (χ1v) is 10.1. The zero-order valence-electron chi connectivity index (χ0n) is 15.9. The number of hydrogen-bond acceptors (Lipinski definition) is 2. The van der Waals surface area contributed by atoms with Crippen LogP contribution in [-0.4, -0.2) is 12.1 Å². The lowest BCUT2D eigenvalue weighted by Gasteiger charge is -2.21. The van der Waals surface area contributed by atoms with E-state index < -0.39 is 0 Å². The molecule has 0 aliphatic heterocycles. The molecular formula is C20H44N2. The molecule has 0 bridgehead atoms. The van der Waals surface area contributed by atoms with Gasteiger partial charge in [-0.05, 0) is 24.7 Å². The Morgan fingerprint density at radius 1 is 0.500 bits per heavy atom. The molecule has 0 saturated heterocycles. The molecule has 2 unspecified atom stereocenters. The van der Waals surface area contributed by atoms with Gasteiger partial charge in [0.05, 0.1) is 0 Å². The van der Waals surface area contributed by atoms with E-state index in [1.165, 1.54) is 77.0 Å². The largest absolute Gasteiger partial charge is 0.327 e. The van der Waals surface area contributed by atoms with E-state index in [-0.39, 0.29) is 0 Å². The molecule has 2 atom stereocenters. The molecule has 0 rings (SSSR count). The summed E-state index contributed by atoms with van der Waals surface area (Å²) in [6.45, 7) is 9.06. The van der Waals surface area contributed by atoms with Crippen molar-refractivity contribution in [3.63, 3.8) is 0 Å². The van der Waals surface area contributed by atoms with Crippen molar-refractivity contribution in [2.45, 2.75) is 117 Å². The second-order valence-corrected chi connectivity index (χ2v) is 7.18. The third-order valence-electron chi connectivity index (χ3n) is 5.63. The summed E-state index contributed by atoms with van der Waals surface area (Å²) >= 11 is 0. The number of unbranched alkanes of at least 4 members (excludes halogenated alkanes) is 5. The van der Waals surface area contributed by atoms with Crippen LogP contribution in [0, 0.1) is 11.8 Å². The van der Waals surface area contributed by atoms with Crippen molar-refractivity contribution in [3.8, 4) is 0 Å². The Morgan fingerprint density at radius 3 is 1.05 bits per heavy atom. The first-order valence-electron chi connectivity index (χ1n) is 10.1. The van der Waals surface area contributed by atoms with Crippen LogP contribution in [0.5, 0.6) is 0 Å². The summed E-state index contributed by atoms with van der Waals surface area (Å²) in [5.74, 6) is 1.46. The highest BCUT2D eigenvalue weighted by atomic mass is 14.6. The molecule has 2 heteroatoms. The van der Waals surface area contributed by atoms with E-state index in [0.29, 0.717) is 12.1 Å². The lowest BCUT2D eigenvalue weighted by atomic mass is 9.90. The summed E-state index contributed by atoms with van der Waals surface area (Å²) in [6, 6.07) is 0.848. The average molecular weight is 313 g/mol. The zero-order valence-corrected chi connectivity index (χ0v) is 15.9.